The molecule has 106 valence electrons. The zero-order valence-corrected chi connectivity index (χ0v) is 13.2. The van der Waals surface area contributed by atoms with Gasteiger partial charge in [-0.3, -0.25) is 0 Å². The molecule has 4 heteroatoms. The normalized spacial score (nSPS) is 17.9. The Balaban J connectivity index is 1.86. The molecule has 0 spiro atoms. The standard InChI is InChI=1S/C17H16BrN3/c18-11-8-14(19)16-15(9-11)20-17(21-16)13-7-3-5-10-4-1-2-6-12(10)13/h1-2,4,6,8-9,13H,3,5,7,19H2,(H,20,21). The van der Waals surface area contributed by atoms with Crippen molar-refractivity contribution in [2.24, 2.45) is 0 Å². The van der Waals surface area contributed by atoms with Gasteiger partial charge in [-0.25, -0.2) is 4.98 Å². The minimum atomic E-state index is 0.348. The molecule has 3 N–H and O–H groups in total. The third-order valence-electron chi connectivity index (χ3n) is 4.30. The maximum atomic E-state index is 6.08. The molecule has 0 fully saturated rings. The van der Waals surface area contributed by atoms with Crippen molar-refractivity contribution in [3.8, 4) is 0 Å². The fraction of sp³-hybridized carbons (Fsp3) is 0.235. The van der Waals surface area contributed by atoms with E-state index < -0.39 is 0 Å². The lowest BCUT2D eigenvalue weighted by Gasteiger charge is -2.23. The number of aromatic nitrogens is 2. The number of nitrogen functional groups attached to an aromatic ring is 1. The van der Waals surface area contributed by atoms with Crippen molar-refractivity contribution < 1.29 is 0 Å². The summed E-state index contributed by atoms with van der Waals surface area (Å²) in [4.78, 5) is 8.24. The highest BCUT2D eigenvalue weighted by atomic mass is 79.9. The van der Waals surface area contributed by atoms with E-state index in [-0.39, 0.29) is 0 Å². The van der Waals surface area contributed by atoms with E-state index in [0.717, 1.165) is 27.8 Å². The number of fused-ring (bicyclic) bond motifs is 2. The predicted molar refractivity (Wildman–Crippen MR) is 89.4 cm³/mol. The van der Waals surface area contributed by atoms with Gasteiger partial charge in [-0.05, 0) is 42.5 Å². The van der Waals surface area contributed by atoms with E-state index in [1.165, 1.54) is 24.0 Å². The van der Waals surface area contributed by atoms with Crippen molar-refractivity contribution in [3.05, 3.63) is 57.8 Å². The molecule has 1 aliphatic carbocycles. The average Bonchev–Trinajstić information content (AvgIpc) is 2.90. The van der Waals surface area contributed by atoms with E-state index in [4.69, 9.17) is 10.7 Å². The van der Waals surface area contributed by atoms with Gasteiger partial charge in [-0.1, -0.05) is 40.2 Å². The number of anilines is 1. The number of halogens is 1. The number of nitrogens with zero attached hydrogens (tertiary/aromatic N) is 1. The quantitative estimate of drug-likeness (QED) is 0.645. The summed E-state index contributed by atoms with van der Waals surface area (Å²) in [6, 6.07) is 12.6. The zero-order valence-electron chi connectivity index (χ0n) is 11.6. The summed E-state index contributed by atoms with van der Waals surface area (Å²) in [5.41, 5.74) is 11.5. The van der Waals surface area contributed by atoms with Crippen molar-refractivity contribution in [1.29, 1.82) is 0 Å². The molecule has 3 aromatic rings. The first kappa shape index (κ1) is 12.9. The Labute approximate surface area is 131 Å². The van der Waals surface area contributed by atoms with E-state index in [1.807, 2.05) is 12.1 Å². The second-order valence-electron chi connectivity index (χ2n) is 5.66. The maximum absolute atomic E-state index is 6.08. The van der Waals surface area contributed by atoms with Crippen LogP contribution in [0.3, 0.4) is 0 Å². The number of benzene rings is 2. The number of aryl methyl sites for hydroxylation is 1. The van der Waals surface area contributed by atoms with Crippen LogP contribution in [0.25, 0.3) is 11.0 Å². The Morgan fingerprint density at radius 3 is 3.00 bits per heavy atom. The van der Waals surface area contributed by atoms with Gasteiger partial charge in [0.15, 0.2) is 0 Å². The van der Waals surface area contributed by atoms with Crippen LogP contribution in [0.15, 0.2) is 40.9 Å². The number of hydrogen-bond donors (Lipinski definition) is 2. The molecule has 0 amide bonds. The molecular formula is C17H16BrN3. The molecule has 3 nitrogen and oxygen atoms in total. The van der Waals surface area contributed by atoms with Crippen LogP contribution in [-0.4, -0.2) is 9.97 Å². The van der Waals surface area contributed by atoms with E-state index in [0.29, 0.717) is 11.6 Å². The second kappa shape index (κ2) is 4.88. The minimum absolute atomic E-state index is 0.348. The molecule has 0 saturated heterocycles. The van der Waals surface area contributed by atoms with Gasteiger partial charge >= 0.3 is 0 Å². The van der Waals surface area contributed by atoms with Gasteiger partial charge in [0.05, 0.1) is 11.2 Å². The highest BCUT2D eigenvalue weighted by Crippen LogP contribution is 2.36. The smallest absolute Gasteiger partial charge is 0.114 e. The first-order valence-corrected chi connectivity index (χ1v) is 8.04. The van der Waals surface area contributed by atoms with Gasteiger partial charge in [0.2, 0.25) is 0 Å². The highest BCUT2D eigenvalue weighted by Gasteiger charge is 2.24. The van der Waals surface area contributed by atoms with Crippen LogP contribution in [-0.2, 0) is 6.42 Å². The number of hydrogen-bond acceptors (Lipinski definition) is 2. The molecule has 2 aromatic carbocycles. The fourth-order valence-corrected chi connectivity index (χ4v) is 3.81. The lowest BCUT2D eigenvalue weighted by molar-refractivity contribution is 0.596. The van der Waals surface area contributed by atoms with Gasteiger partial charge in [0.25, 0.3) is 0 Å². The molecule has 1 aromatic heterocycles. The van der Waals surface area contributed by atoms with Gasteiger partial charge < -0.3 is 10.7 Å². The summed E-state index contributed by atoms with van der Waals surface area (Å²) in [5, 5.41) is 0. The summed E-state index contributed by atoms with van der Waals surface area (Å²) in [6.07, 6.45) is 3.51. The monoisotopic (exact) mass is 341 g/mol. The van der Waals surface area contributed by atoms with Crippen molar-refractivity contribution in [2.45, 2.75) is 25.2 Å². The summed E-state index contributed by atoms with van der Waals surface area (Å²) in [5.74, 6) is 1.38. The maximum Gasteiger partial charge on any atom is 0.114 e. The van der Waals surface area contributed by atoms with Crippen LogP contribution in [0.4, 0.5) is 5.69 Å². The van der Waals surface area contributed by atoms with E-state index in [1.54, 1.807) is 0 Å². The van der Waals surface area contributed by atoms with Crippen LogP contribution in [0.5, 0.6) is 0 Å². The lowest BCUT2D eigenvalue weighted by atomic mass is 9.82. The molecule has 1 aliphatic rings. The number of imidazole rings is 1. The predicted octanol–water partition coefficient (Wildman–Crippen LogP) is 4.38. The summed E-state index contributed by atoms with van der Waals surface area (Å²) < 4.78 is 0.978. The Morgan fingerprint density at radius 2 is 2.10 bits per heavy atom. The van der Waals surface area contributed by atoms with Crippen LogP contribution < -0.4 is 5.73 Å². The molecule has 0 saturated carbocycles. The number of nitrogens with two attached hydrogens (primary N) is 1. The van der Waals surface area contributed by atoms with Gasteiger partial charge in [0.1, 0.15) is 11.3 Å². The van der Waals surface area contributed by atoms with E-state index in [9.17, 15) is 0 Å². The Kier molecular flexibility index (Phi) is 3.00. The Hall–Kier alpha value is -1.81. The van der Waals surface area contributed by atoms with Gasteiger partial charge in [0, 0.05) is 10.4 Å². The molecule has 1 unspecified atom stereocenters. The first-order chi connectivity index (χ1) is 10.2. The molecule has 0 bridgehead atoms. The van der Waals surface area contributed by atoms with Gasteiger partial charge in [-0.15, -0.1) is 0 Å². The largest absolute Gasteiger partial charge is 0.397 e. The molecule has 0 aliphatic heterocycles. The number of aromatic amines is 1. The fourth-order valence-electron chi connectivity index (χ4n) is 3.33. The average molecular weight is 342 g/mol. The van der Waals surface area contributed by atoms with Crippen LogP contribution in [0.2, 0.25) is 0 Å². The topological polar surface area (TPSA) is 54.7 Å². The van der Waals surface area contributed by atoms with E-state index >= 15 is 0 Å². The molecule has 1 atom stereocenters. The summed E-state index contributed by atoms with van der Waals surface area (Å²) in [7, 11) is 0. The molecular weight excluding hydrogens is 326 g/mol. The molecule has 1 heterocycles. The van der Waals surface area contributed by atoms with Crippen molar-refractivity contribution in [2.75, 3.05) is 5.73 Å². The highest BCUT2D eigenvalue weighted by molar-refractivity contribution is 9.10. The van der Waals surface area contributed by atoms with Crippen molar-refractivity contribution in [3.63, 3.8) is 0 Å². The van der Waals surface area contributed by atoms with Crippen molar-refractivity contribution in [1.82, 2.24) is 9.97 Å². The van der Waals surface area contributed by atoms with Crippen LogP contribution in [0, 0.1) is 0 Å². The molecule has 0 radical (unpaired) electrons. The summed E-state index contributed by atoms with van der Waals surface area (Å²) >= 11 is 3.49. The third kappa shape index (κ3) is 2.14. The number of nitrogens with one attached hydrogen (secondary N) is 1. The Morgan fingerprint density at radius 1 is 1.24 bits per heavy atom. The number of rotatable bonds is 1. The SMILES string of the molecule is Nc1cc(Br)cc2[nH]c(C3CCCc4ccccc43)nc12. The van der Waals surface area contributed by atoms with Gasteiger partial charge in [-0.2, -0.15) is 0 Å². The summed E-state index contributed by atoms with van der Waals surface area (Å²) in [6.45, 7) is 0. The molecule has 21 heavy (non-hydrogen) atoms. The Bertz CT molecular complexity index is 822. The van der Waals surface area contributed by atoms with E-state index in [2.05, 4.69) is 45.2 Å². The van der Waals surface area contributed by atoms with Crippen LogP contribution in [0.1, 0.15) is 35.7 Å². The van der Waals surface area contributed by atoms with Crippen molar-refractivity contribution >= 4 is 32.7 Å². The minimum Gasteiger partial charge on any atom is -0.397 e. The second-order valence-corrected chi connectivity index (χ2v) is 6.57. The molecule has 4 rings (SSSR count). The zero-order chi connectivity index (χ0) is 14.4. The first-order valence-electron chi connectivity index (χ1n) is 7.25. The lowest BCUT2D eigenvalue weighted by Crippen LogP contribution is -2.12. The number of H-pyrrole nitrogens is 1. The van der Waals surface area contributed by atoms with Crippen LogP contribution >= 0.6 is 15.9 Å². The third-order valence-corrected chi connectivity index (χ3v) is 4.76.